The zero-order valence-corrected chi connectivity index (χ0v) is 13.4. The van der Waals surface area contributed by atoms with E-state index >= 15 is 0 Å². The number of aromatic nitrogens is 2. The first-order valence-corrected chi connectivity index (χ1v) is 7.53. The SMILES string of the molecule is CC(C)c1ncc(-c2cc(C(F)(F)F)c3cc(F)ccc3n2)cc1O. The summed E-state index contributed by atoms with van der Waals surface area (Å²) in [6.45, 7) is 3.68. The van der Waals surface area contributed by atoms with E-state index < -0.39 is 17.6 Å². The Bertz CT molecular complexity index is 952. The van der Waals surface area contributed by atoms with Gasteiger partial charge in [-0.15, -0.1) is 0 Å². The van der Waals surface area contributed by atoms with Gasteiger partial charge in [-0.25, -0.2) is 9.37 Å². The molecule has 0 spiro atoms. The fraction of sp³-hybridized carbons (Fsp3) is 0.222. The van der Waals surface area contributed by atoms with E-state index in [0.717, 1.165) is 18.2 Å². The Morgan fingerprint density at radius 2 is 1.80 bits per heavy atom. The quantitative estimate of drug-likeness (QED) is 0.639. The van der Waals surface area contributed by atoms with E-state index in [-0.39, 0.29) is 33.8 Å². The van der Waals surface area contributed by atoms with Crippen LogP contribution in [0.1, 0.15) is 31.0 Å². The molecule has 3 nitrogen and oxygen atoms in total. The van der Waals surface area contributed by atoms with Gasteiger partial charge in [-0.05, 0) is 36.2 Å². The van der Waals surface area contributed by atoms with E-state index in [1.807, 2.05) is 13.8 Å². The van der Waals surface area contributed by atoms with Crippen molar-refractivity contribution < 1.29 is 22.7 Å². The van der Waals surface area contributed by atoms with Crippen LogP contribution in [0.15, 0.2) is 36.5 Å². The normalized spacial score (nSPS) is 12.1. The smallest absolute Gasteiger partial charge is 0.417 e. The zero-order chi connectivity index (χ0) is 18.4. The molecule has 0 aliphatic rings. The molecule has 3 rings (SSSR count). The van der Waals surface area contributed by atoms with Crippen molar-refractivity contribution in [1.82, 2.24) is 9.97 Å². The highest BCUT2D eigenvalue weighted by Gasteiger charge is 2.33. The number of alkyl halides is 3. The second-order valence-electron chi connectivity index (χ2n) is 6.00. The average Bonchev–Trinajstić information content (AvgIpc) is 2.52. The molecular weight excluding hydrogens is 336 g/mol. The maximum atomic E-state index is 13.4. The van der Waals surface area contributed by atoms with E-state index in [0.29, 0.717) is 5.69 Å². The average molecular weight is 350 g/mol. The van der Waals surface area contributed by atoms with Gasteiger partial charge < -0.3 is 5.11 Å². The highest BCUT2D eigenvalue weighted by atomic mass is 19.4. The fourth-order valence-corrected chi connectivity index (χ4v) is 2.63. The maximum Gasteiger partial charge on any atom is 0.417 e. The Balaban J connectivity index is 2.24. The van der Waals surface area contributed by atoms with E-state index in [9.17, 15) is 22.7 Å². The molecule has 2 aromatic heterocycles. The van der Waals surface area contributed by atoms with Crippen LogP contribution in [0.2, 0.25) is 0 Å². The topological polar surface area (TPSA) is 46.0 Å². The molecule has 0 unspecified atom stereocenters. The third kappa shape index (κ3) is 3.26. The number of fused-ring (bicyclic) bond motifs is 1. The Hall–Kier alpha value is -2.70. The minimum absolute atomic E-state index is 0.00420. The first-order valence-electron chi connectivity index (χ1n) is 7.53. The van der Waals surface area contributed by atoms with Gasteiger partial charge >= 0.3 is 6.18 Å². The van der Waals surface area contributed by atoms with Crippen molar-refractivity contribution in [3.05, 3.63) is 53.6 Å². The first-order chi connectivity index (χ1) is 11.7. The van der Waals surface area contributed by atoms with Crippen molar-refractivity contribution in [2.24, 2.45) is 0 Å². The highest BCUT2D eigenvalue weighted by molar-refractivity contribution is 5.85. The number of hydrogen-bond acceptors (Lipinski definition) is 3. The van der Waals surface area contributed by atoms with Crippen molar-refractivity contribution in [2.45, 2.75) is 25.9 Å². The first kappa shape index (κ1) is 17.1. The van der Waals surface area contributed by atoms with Gasteiger partial charge in [0.25, 0.3) is 0 Å². The van der Waals surface area contributed by atoms with Crippen LogP contribution in [0.25, 0.3) is 22.2 Å². The molecule has 0 atom stereocenters. The Kier molecular flexibility index (Phi) is 4.10. The highest BCUT2D eigenvalue weighted by Crippen LogP contribution is 2.37. The number of hydrogen-bond donors (Lipinski definition) is 1. The molecule has 0 amide bonds. The Morgan fingerprint density at radius 1 is 1.08 bits per heavy atom. The summed E-state index contributed by atoms with van der Waals surface area (Å²) in [5, 5.41) is 9.73. The summed E-state index contributed by atoms with van der Waals surface area (Å²) < 4.78 is 53.5. The number of benzene rings is 1. The lowest BCUT2D eigenvalue weighted by molar-refractivity contribution is -0.136. The van der Waals surface area contributed by atoms with Gasteiger partial charge in [-0.3, -0.25) is 4.98 Å². The van der Waals surface area contributed by atoms with Gasteiger partial charge in [-0.1, -0.05) is 13.8 Å². The van der Waals surface area contributed by atoms with Gasteiger partial charge in [0.2, 0.25) is 0 Å². The van der Waals surface area contributed by atoms with Crippen molar-refractivity contribution >= 4 is 10.9 Å². The Morgan fingerprint density at radius 3 is 2.40 bits per heavy atom. The zero-order valence-electron chi connectivity index (χ0n) is 13.4. The molecular formula is C18H14F4N2O. The molecule has 0 aliphatic heterocycles. The molecule has 0 radical (unpaired) electrons. The minimum atomic E-state index is -4.67. The van der Waals surface area contributed by atoms with Gasteiger partial charge in [-0.2, -0.15) is 13.2 Å². The third-order valence-corrected chi connectivity index (χ3v) is 3.82. The molecule has 0 aliphatic carbocycles. The molecule has 0 fully saturated rings. The van der Waals surface area contributed by atoms with Crippen LogP contribution in [-0.4, -0.2) is 15.1 Å². The summed E-state index contributed by atoms with van der Waals surface area (Å²) in [6, 6.07) is 5.23. The van der Waals surface area contributed by atoms with Crippen LogP contribution in [0, 0.1) is 5.82 Å². The minimum Gasteiger partial charge on any atom is -0.506 e. The van der Waals surface area contributed by atoms with Gasteiger partial charge in [0, 0.05) is 17.1 Å². The lowest BCUT2D eigenvalue weighted by atomic mass is 10.0. The van der Waals surface area contributed by atoms with Crippen LogP contribution in [0.3, 0.4) is 0 Å². The maximum absolute atomic E-state index is 13.4. The van der Waals surface area contributed by atoms with E-state index in [1.165, 1.54) is 18.3 Å². The molecule has 2 heterocycles. The van der Waals surface area contributed by atoms with Crippen molar-refractivity contribution in [1.29, 1.82) is 0 Å². The number of pyridine rings is 2. The number of rotatable bonds is 2. The van der Waals surface area contributed by atoms with Crippen molar-refractivity contribution in [3.8, 4) is 17.0 Å². The summed E-state index contributed by atoms with van der Waals surface area (Å²) >= 11 is 0. The standard InChI is InChI=1S/C18H14F4N2O/c1-9(2)17-16(25)5-10(8-23-17)15-7-13(18(20,21)22)12-6-11(19)3-4-14(12)24-15/h3-9,25H,1-2H3. The largest absolute Gasteiger partial charge is 0.506 e. The van der Waals surface area contributed by atoms with E-state index in [1.54, 1.807) is 0 Å². The molecule has 3 aromatic rings. The number of nitrogens with zero attached hydrogens (tertiary/aromatic N) is 2. The fourth-order valence-electron chi connectivity index (χ4n) is 2.63. The van der Waals surface area contributed by atoms with E-state index in [4.69, 9.17) is 0 Å². The van der Waals surface area contributed by atoms with Crippen LogP contribution in [0.4, 0.5) is 17.6 Å². The monoisotopic (exact) mass is 350 g/mol. The second-order valence-corrected chi connectivity index (χ2v) is 6.00. The third-order valence-electron chi connectivity index (χ3n) is 3.82. The van der Waals surface area contributed by atoms with Crippen LogP contribution < -0.4 is 0 Å². The molecule has 1 aromatic carbocycles. The molecule has 130 valence electrons. The summed E-state index contributed by atoms with van der Waals surface area (Å²) in [7, 11) is 0. The molecule has 0 saturated heterocycles. The van der Waals surface area contributed by atoms with Crippen LogP contribution in [-0.2, 0) is 6.18 Å². The van der Waals surface area contributed by atoms with Gasteiger partial charge in [0.15, 0.2) is 0 Å². The summed E-state index contributed by atoms with van der Waals surface area (Å²) in [6.07, 6.45) is -3.30. The Labute approximate surface area is 141 Å². The summed E-state index contributed by atoms with van der Waals surface area (Å²) in [5.41, 5.74) is -0.274. The second kappa shape index (κ2) is 5.98. The van der Waals surface area contributed by atoms with Crippen molar-refractivity contribution in [2.75, 3.05) is 0 Å². The van der Waals surface area contributed by atoms with Crippen LogP contribution >= 0.6 is 0 Å². The predicted molar refractivity (Wildman–Crippen MR) is 85.7 cm³/mol. The molecule has 0 saturated carbocycles. The van der Waals surface area contributed by atoms with Crippen LogP contribution in [0.5, 0.6) is 5.75 Å². The lowest BCUT2D eigenvalue weighted by Gasteiger charge is -2.13. The van der Waals surface area contributed by atoms with Gasteiger partial charge in [0.1, 0.15) is 11.6 Å². The lowest BCUT2D eigenvalue weighted by Crippen LogP contribution is -2.07. The summed E-state index contributed by atoms with van der Waals surface area (Å²) in [4.78, 5) is 8.27. The van der Waals surface area contributed by atoms with Crippen molar-refractivity contribution in [3.63, 3.8) is 0 Å². The molecule has 1 N–H and O–H groups in total. The summed E-state index contributed by atoms with van der Waals surface area (Å²) in [5.74, 6) is -0.914. The molecule has 7 heteroatoms. The molecule has 0 bridgehead atoms. The number of aromatic hydroxyl groups is 1. The molecule has 25 heavy (non-hydrogen) atoms. The predicted octanol–water partition coefficient (Wildman–Crippen LogP) is 5.28. The number of halogens is 4. The van der Waals surface area contributed by atoms with Gasteiger partial charge in [0.05, 0.1) is 22.5 Å². The van der Waals surface area contributed by atoms with E-state index in [2.05, 4.69) is 9.97 Å².